The standard InChI is InChI=1S/C15H12Br2N2O/c1-2-3-8-4-5-11-12(6-8)19-13-9(16)7-10(17)15(20)14(13)18-11/h4-7,20H,2-3H2,1H3. The summed E-state index contributed by atoms with van der Waals surface area (Å²) in [4.78, 5) is 9.16. The lowest BCUT2D eigenvalue weighted by atomic mass is 10.1. The van der Waals surface area contributed by atoms with Gasteiger partial charge in [-0.15, -0.1) is 0 Å². The molecular formula is C15H12Br2N2O. The highest BCUT2D eigenvalue weighted by Crippen LogP contribution is 2.36. The summed E-state index contributed by atoms with van der Waals surface area (Å²) in [6, 6.07) is 7.88. The number of phenols is 1. The molecule has 3 aromatic rings. The Morgan fingerprint density at radius 3 is 2.50 bits per heavy atom. The Kier molecular flexibility index (Phi) is 3.65. The van der Waals surface area contributed by atoms with Crippen molar-refractivity contribution in [2.75, 3.05) is 0 Å². The number of halogens is 2. The van der Waals surface area contributed by atoms with Gasteiger partial charge in [0.15, 0.2) is 5.75 Å². The Hall–Kier alpha value is -1.20. The lowest BCUT2D eigenvalue weighted by Crippen LogP contribution is -1.92. The third-order valence-corrected chi connectivity index (χ3v) is 4.41. The molecule has 3 nitrogen and oxygen atoms in total. The third-order valence-electron chi connectivity index (χ3n) is 3.20. The van der Waals surface area contributed by atoms with Gasteiger partial charge >= 0.3 is 0 Å². The maximum atomic E-state index is 10.1. The maximum absolute atomic E-state index is 10.1. The summed E-state index contributed by atoms with van der Waals surface area (Å²) in [5, 5.41) is 10.1. The fraction of sp³-hybridized carbons (Fsp3) is 0.200. The number of benzene rings is 2. The van der Waals surface area contributed by atoms with Crippen LogP contribution in [-0.2, 0) is 6.42 Å². The molecule has 0 atom stereocenters. The predicted molar refractivity (Wildman–Crippen MR) is 88.1 cm³/mol. The van der Waals surface area contributed by atoms with Gasteiger partial charge in [-0.25, -0.2) is 9.97 Å². The van der Waals surface area contributed by atoms with Crippen LogP contribution < -0.4 is 0 Å². The summed E-state index contributed by atoms with van der Waals surface area (Å²) in [6.07, 6.45) is 2.13. The average Bonchev–Trinajstić information content (AvgIpc) is 2.44. The molecule has 0 radical (unpaired) electrons. The topological polar surface area (TPSA) is 46.0 Å². The molecule has 1 N–H and O–H groups in total. The Morgan fingerprint density at radius 2 is 1.75 bits per heavy atom. The van der Waals surface area contributed by atoms with Crippen LogP contribution in [0.5, 0.6) is 5.75 Å². The molecule has 2 aromatic carbocycles. The van der Waals surface area contributed by atoms with E-state index in [-0.39, 0.29) is 5.75 Å². The van der Waals surface area contributed by atoms with Gasteiger partial charge in [0.25, 0.3) is 0 Å². The number of aryl methyl sites for hydroxylation is 1. The van der Waals surface area contributed by atoms with Crippen LogP contribution in [0.4, 0.5) is 0 Å². The monoisotopic (exact) mass is 394 g/mol. The number of hydrogen-bond donors (Lipinski definition) is 1. The zero-order chi connectivity index (χ0) is 14.3. The second kappa shape index (κ2) is 5.30. The molecule has 1 aromatic heterocycles. The Balaban J connectivity index is 2.34. The summed E-state index contributed by atoms with van der Waals surface area (Å²) in [6.45, 7) is 2.16. The van der Waals surface area contributed by atoms with Crippen LogP contribution in [0.1, 0.15) is 18.9 Å². The van der Waals surface area contributed by atoms with E-state index < -0.39 is 0 Å². The van der Waals surface area contributed by atoms with Crippen LogP contribution in [0.2, 0.25) is 0 Å². The van der Waals surface area contributed by atoms with Crippen molar-refractivity contribution in [3.8, 4) is 5.75 Å². The second-order valence-electron chi connectivity index (χ2n) is 4.68. The summed E-state index contributed by atoms with van der Waals surface area (Å²) < 4.78 is 1.42. The van der Waals surface area contributed by atoms with E-state index in [1.165, 1.54) is 5.56 Å². The van der Waals surface area contributed by atoms with Gasteiger partial charge in [0.05, 0.1) is 15.5 Å². The summed E-state index contributed by atoms with van der Waals surface area (Å²) in [7, 11) is 0. The van der Waals surface area contributed by atoms with Crippen molar-refractivity contribution in [1.29, 1.82) is 0 Å². The zero-order valence-electron chi connectivity index (χ0n) is 10.8. The number of aromatic hydroxyl groups is 1. The van der Waals surface area contributed by atoms with Crippen molar-refractivity contribution < 1.29 is 5.11 Å². The summed E-state index contributed by atoms with van der Waals surface area (Å²) in [5.41, 5.74) is 4.07. The second-order valence-corrected chi connectivity index (χ2v) is 6.39. The first-order valence-electron chi connectivity index (χ1n) is 6.37. The molecule has 20 heavy (non-hydrogen) atoms. The van der Waals surface area contributed by atoms with Crippen molar-refractivity contribution in [3.63, 3.8) is 0 Å². The number of hydrogen-bond acceptors (Lipinski definition) is 3. The van der Waals surface area contributed by atoms with Crippen molar-refractivity contribution in [1.82, 2.24) is 9.97 Å². The first-order valence-corrected chi connectivity index (χ1v) is 7.96. The summed E-state index contributed by atoms with van der Waals surface area (Å²) >= 11 is 6.79. The largest absolute Gasteiger partial charge is 0.504 e. The predicted octanol–water partition coefficient (Wildman–Crippen LogP) is 4.97. The van der Waals surface area contributed by atoms with E-state index >= 15 is 0 Å². The SMILES string of the molecule is CCCc1ccc2nc3c(O)c(Br)cc(Br)c3nc2c1. The minimum Gasteiger partial charge on any atom is -0.504 e. The normalized spacial score (nSPS) is 11.3. The van der Waals surface area contributed by atoms with E-state index in [9.17, 15) is 5.11 Å². The van der Waals surface area contributed by atoms with Gasteiger partial charge in [0.2, 0.25) is 0 Å². The molecule has 102 valence electrons. The quantitative estimate of drug-likeness (QED) is 0.623. The Bertz CT molecular complexity index is 818. The van der Waals surface area contributed by atoms with Crippen molar-refractivity contribution in [3.05, 3.63) is 38.8 Å². The molecule has 0 aliphatic heterocycles. The number of fused-ring (bicyclic) bond motifs is 2. The minimum absolute atomic E-state index is 0.121. The molecule has 0 saturated carbocycles. The van der Waals surface area contributed by atoms with E-state index in [4.69, 9.17) is 0 Å². The van der Waals surface area contributed by atoms with E-state index in [1.54, 1.807) is 6.07 Å². The van der Waals surface area contributed by atoms with Crippen LogP contribution in [0.25, 0.3) is 22.1 Å². The van der Waals surface area contributed by atoms with Crippen LogP contribution in [0.3, 0.4) is 0 Å². The van der Waals surface area contributed by atoms with Crippen molar-refractivity contribution in [2.45, 2.75) is 19.8 Å². The number of aromatic nitrogens is 2. The molecule has 0 fully saturated rings. The fourth-order valence-electron chi connectivity index (χ4n) is 2.24. The maximum Gasteiger partial charge on any atom is 0.157 e. The van der Waals surface area contributed by atoms with E-state index in [0.717, 1.165) is 28.3 Å². The van der Waals surface area contributed by atoms with E-state index in [1.807, 2.05) is 6.07 Å². The van der Waals surface area contributed by atoms with Crippen LogP contribution in [-0.4, -0.2) is 15.1 Å². The van der Waals surface area contributed by atoms with Crippen LogP contribution in [0, 0.1) is 0 Å². The van der Waals surface area contributed by atoms with Gasteiger partial charge < -0.3 is 5.11 Å². The third kappa shape index (κ3) is 2.29. The first kappa shape index (κ1) is 13.8. The lowest BCUT2D eigenvalue weighted by Gasteiger charge is -2.07. The number of rotatable bonds is 2. The highest BCUT2D eigenvalue weighted by atomic mass is 79.9. The molecule has 0 saturated heterocycles. The molecule has 1 heterocycles. The van der Waals surface area contributed by atoms with Gasteiger partial charge in [-0.3, -0.25) is 0 Å². The van der Waals surface area contributed by atoms with Gasteiger partial charge in [-0.05, 0) is 62.0 Å². The van der Waals surface area contributed by atoms with E-state index in [2.05, 4.69) is 60.9 Å². The fourth-order valence-corrected chi connectivity index (χ4v) is 3.47. The molecule has 0 aliphatic rings. The molecule has 3 rings (SSSR count). The van der Waals surface area contributed by atoms with Crippen molar-refractivity contribution in [2.24, 2.45) is 0 Å². The molecule has 0 spiro atoms. The molecule has 0 aliphatic carbocycles. The molecular weight excluding hydrogens is 384 g/mol. The van der Waals surface area contributed by atoms with Crippen LogP contribution in [0.15, 0.2) is 33.2 Å². The van der Waals surface area contributed by atoms with Crippen LogP contribution >= 0.6 is 31.9 Å². The summed E-state index contributed by atoms with van der Waals surface area (Å²) in [5.74, 6) is 0.121. The highest BCUT2D eigenvalue weighted by molar-refractivity contribution is 9.11. The van der Waals surface area contributed by atoms with Gasteiger partial charge in [-0.1, -0.05) is 19.4 Å². The van der Waals surface area contributed by atoms with E-state index in [0.29, 0.717) is 15.5 Å². The Morgan fingerprint density at radius 1 is 1.00 bits per heavy atom. The molecule has 0 amide bonds. The molecule has 5 heteroatoms. The van der Waals surface area contributed by atoms with Gasteiger partial charge in [-0.2, -0.15) is 0 Å². The zero-order valence-corrected chi connectivity index (χ0v) is 14.0. The minimum atomic E-state index is 0.121. The highest BCUT2D eigenvalue weighted by Gasteiger charge is 2.12. The smallest absolute Gasteiger partial charge is 0.157 e. The number of phenolic OH excluding ortho intramolecular Hbond substituents is 1. The first-order chi connectivity index (χ1) is 9.60. The average molecular weight is 396 g/mol. The molecule has 0 bridgehead atoms. The lowest BCUT2D eigenvalue weighted by molar-refractivity contribution is 0.477. The number of nitrogens with zero attached hydrogens (tertiary/aromatic N) is 2. The Labute approximate surface area is 133 Å². The van der Waals surface area contributed by atoms with Gasteiger partial charge in [0, 0.05) is 4.47 Å². The van der Waals surface area contributed by atoms with Crippen molar-refractivity contribution >= 4 is 53.9 Å². The van der Waals surface area contributed by atoms with Gasteiger partial charge in [0.1, 0.15) is 11.0 Å². The molecule has 0 unspecified atom stereocenters.